The van der Waals surface area contributed by atoms with Crippen LogP contribution in [0.25, 0.3) is 0 Å². The zero-order valence-electron chi connectivity index (χ0n) is 15.1. The maximum absolute atomic E-state index is 12.7. The molecule has 3 rings (SSSR count). The van der Waals surface area contributed by atoms with Crippen LogP contribution < -0.4 is 5.32 Å². The predicted molar refractivity (Wildman–Crippen MR) is 99.5 cm³/mol. The average Bonchev–Trinajstić information content (AvgIpc) is 2.66. The Kier molecular flexibility index (Phi) is 5.68. The van der Waals surface area contributed by atoms with Crippen molar-refractivity contribution in [2.24, 2.45) is 0 Å². The summed E-state index contributed by atoms with van der Waals surface area (Å²) < 4.78 is 5.64. The molecule has 0 spiro atoms. The van der Waals surface area contributed by atoms with Gasteiger partial charge in [0.25, 0.3) is 0 Å². The molecule has 5 heteroatoms. The third-order valence-electron chi connectivity index (χ3n) is 4.44. The summed E-state index contributed by atoms with van der Waals surface area (Å²) in [6.07, 6.45) is -0.149. The largest absolute Gasteiger partial charge is 0.372 e. The first-order valence-corrected chi connectivity index (χ1v) is 8.89. The summed E-state index contributed by atoms with van der Waals surface area (Å²) in [5, 5.41) is 2.91. The molecule has 1 N–H and O–H groups in total. The van der Waals surface area contributed by atoms with Crippen LogP contribution in [0.3, 0.4) is 0 Å². The van der Waals surface area contributed by atoms with Gasteiger partial charge in [0.05, 0.1) is 18.2 Å². The number of carbonyl (C=O) groups is 2. The Morgan fingerprint density at radius 3 is 1.85 bits per heavy atom. The number of amides is 2. The van der Waals surface area contributed by atoms with E-state index in [1.165, 1.54) is 0 Å². The zero-order valence-corrected chi connectivity index (χ0v) is 15.1. The third kappa shape index (κ3) is 4.29. The van der Waals surface area contributed by atoms with E-state index in [0.717, 1.165) is 11.1 Å². The second kappa shape index (κ2) is 8.15. The fraction of sp³-hybridized carbons (Fsp3) is 0.333. The molecule has 2 amide bonds. The third-order valence-corrected chi connectivity index (χ3v) is 4.44. The smallest absolute Gasteiger partial charge is 0.312 e. The van der Waals surface area contributed by atoms with E-state index in [-0.39, 0.29) is 18.2 Å². The van der Waals surface area contributed by atoms with Gasteiger partial charge < -0.3 is 15.0 Å². The molecule has 1 aliphatic rings. The highest BCUT2D eigenvalue weighted by molar-refractivity contribution is 6.35. The minimum atomic E-state index is -0.594. The summed E-state index contributed by atoms with van der Waals surface area (Å²) in [5.74, 6) is -1.10. The van der Waals surface area contributed by atoms with Crippen molar-refractivity contribution < 1.29 is 14.3 Å². The normalized spacial score (nSPS) is 20.0. The average molecular weight is 352 g/mol. The lowest BCUT2D eigenvalue weighted by Gasteiger charge is -2.35. The zero-order chi connectivity index (χ0) is 18.5. The number of hydrogen-bond donors (Lipinski definition) is 1. The van der Waals surface area contributed by atoms with Crippen molar-refractivity contribution in [1.29, 1.82) is 0 Å². The van der Waals surface area contributed by atoms with Crippen LogP contribution in [-0.4, -0.2) is 42.0 Å². The number of benzene rings is 2. The lowest BCUT2D eigenvalue weighted by molar-refractivity contribution is -0.153. The molecule has 0 aromatic heterocycles. The van der Waals surface area contributed by atoms with Gasteiger partial charge in [-0.15, -0.1) is 0 Å². The summed E-state index contributed by atoms with van der Waals surface area (Å²) in [4.78, 5) is 26.9. The van der Waals surface area contributed by atoms with Crippen LogP contribution >= 0.6 is 0 Å². The molecule has 2 aromatic carbocycles. The van der Waals surface area contributed by atoms with E-state index in [4.69, 9.17) is 4.74 Å². The molecule has 2 unspecified atom stereocenters. The van der Waals surface area contributed by atoms with Crippen molar-refractivity contribution in [2.75, 3.05) is 13.1 Å². The summed E-state index contributed by atoms with van der Waals surface area (Å²) in [7, 11) is 0. The van der Waals surface area contributed by atoms with E-state index >= 15 is 0 Å². The fourth-order valence-electron chi connectivity index (χ4n) is 3.33. The second-order valence-corrected chi connectivity index (χ2v) is 6.70. The molecule has 5 nitrogen and oxygen atoms in total. The topological polar surface area (TPSA) is 58.6 Å². The van der Waals surface area contributed by atoms with Gasteiger partial charge in [0.15, 0.2) is 0 Å². The van der Waals surface area contributed by atoms with Crippen molar-refractivity contribution in [3.8, 4) is 0 Å². The van der Waals surface area contributed by atoms with Crippen LogP contribution in [0.2, 0.25) is 0 Å². The minimum absolute atomic E-state index is 0.0745. The van der Waals surface area contributed by atoms with E-state index in [1.807, 2.05) is 74.5 Å². The Bertz CT molecular complexity index is 699. The van der Waals surface area contributed by atoms with Gasteiger partial charge in [0.1, 0.15) is 0 Å². The maximum Gasteiger partial charge on any atom is 0.312 e. The number of morpholine rings is 1. The van der Waals surface area contributed by atoms with Crippen molar-refractivity contribution >= 4 is 11.8 Å². The molecule has 136 valence electrons. The highest BCUT2D eigenvalue weighted by Gasteiger charge is 2.31. The minimum Gasteiger partial charge on any atom is -0.372 e. The van der Waals surface area contributed by atoms with Crippen molar-refractivity contribution in [1.82, 2.24) is 10.2 Å². The number of nitrogens with one attached hydrogen (secondary N) is 1. The number of carbonyl (C=O) groups excluding carboxylic acids is 2. The first-order chi connectivity index (χ1) is 12.5. The van der Waals surface area contributed by atoms with Crippen molar-refractivity contribution in [3.05, 3.63) is 71.8 Å². The van der Waals surface area contributed by atoms with Gasteiger partial charge in [-0.2, -0.15) is 0 Å². The predicted octanol–water partition coefficient (Wildman–Crippen LogP) is 2.53. The van der Waals surface area contributed by atoms with Crippen LogP contribution in [0.1, 0.15) is 31.0 Å². The highest BCUT2D eigenvalue weighted by atomic mass is 16.5. The van der Waals surface area contributed by atoms with Gasteiger partial charge in [-0.1, -0.05) is 60.7 Å². The monoisotopic (exact) mass is 352 g/mol. The standard InChI is InChI=1S/C21H24N2O3/c1-15-13-23(14-16(2)26-15)21(25)20(24)22-19(17-9-5-3-6-10-17)18-11-7-4-8-12-18/h3-12,15-16,19H,13-14H2,1-2H3,(H,22,24). The van der Waals surface area contributed by atoms with Crippen LogP contribution in [0.15, 0.2) is 60.7 Å². The molecule has 0 saturated carbocycles. The molecule has 1 saturated heterocycles. The molecular formula is C21H24N2O3. The van der Waals surface area contributed by atoms with E-state index in [9.17, 15) is 9.59 Å². The fourth-order valence-corrected chi connectivity index (χ4v) is 3.33. The highest BCUT2D eigenvalue weighted by Crippen LogP contribution is 2.22. The van der Waals surface area contributed by atoms with E-state index in [2.05, 4.69) is 5.32 Å². The summed E-state index contributed by atoms with van der Waals surface area (Å²) in [6.45, 7) is 4.67. The van der Waals surface area contributed by atoms with E-state index in [0.29, 0.717) is 13.1 Å². The molecule has 26 heavy (non-hydrogen) atoms. The molecule has 1 aliphatic heterocycles. The molecule has 2 atom stereocenters. The Hall–Kier alpha value is -2.66. The lowest BCUT2D eigenvalue weighted by atomic mass is 9.98. The number of rotatable bonds is 3. The molecule has 0 bridgehead atoms. The maximum atomic E-state index is 12.7. The number of nitrogens with zero attached hydrogens (tertiary/aromatic N) is 1. The van der Waals surface area contributed by atoms with Crippen LogP contribution in [-0.2, 0) is 14.3 Å². The number of hydrogen-bond acceptors (Lipinski definition) is 3. The van der Waals surface area contributed by atoms with Crippen molar-refractivity contribution in [3.63, 3.8) is 0 Å². The van der Waals surface area contributed by atoms with Gasteiger partial charge in [-0.3, -0.25) is 9.59 Å². The van der Waals surface area contributed by atoms with Gasteiger partial charge in [0.2, 0.25) is 0 Å². The van der Waals surface area contributed by atoms with Crippen LogP contribution in [0.4, 0.5) is 0 Å². The first kappa shape index (κ1) is 18.1. The first-order valence-electron chi connectivity index (χ1n) is 8.89. The molecule has 1 fully saturated rings. The van der Waals surface area contributed by atoms with Gasteiger partial charge in [-0.25, -0.2) is 0 Å². The van der Waals surface area contributed by atoms with Gasteiger partial charge >= 0.3 is 11.8 Å². The van der Waals surface area contributed by atoms with Gasteiger partial charge in [-0.05, 0) is 25.0 Å². The molecule has 0 aliphatic carbocycles. The van der Waals surface area contributed by atoms with Crippen LogP contribution in [0.5, 0.6) is 0 Å². The van der Waals surface area contributed by atoms with Crippen LogP contribution in [0, 0.1) is 0 Å². The van der Waals surface area contributed by atoms with Crippen molar-refractivity contribution in [2.45, 2.75) is 32.1 Å². The molecular weight excluding hydrogens is 328 g/mol. The molecule has 2 aromatic rings. The Morgan fingerprint density at radius 1 is 0.923 bits per heavy atom. The Balaban J connectivity index is 1.78. The summed E-state index contributed by atoms with van der Waals surface area (Å²) in [6, 6.07) is 18.9. The lowest BCUT2D eigenvalue weighted by Crippen LogP contribution is -2.53. The van der Waals surface area contributed by atoms with Gasteiger partial charge in [0, 0.05) is 13.1 Å². The summed E-state index contributed by atoms with van der Waals surface area (Å²) >= 11 is 0. The number of ether oxygens (including phenoxy) is 1. The second-order valence-electron chi connectivity index (χ2n) is 6.70. The van der Waals surface area contributed by atoms with E-state index < -0.39 is 11.8 Å². The Labute approximate surface area is 154 Å². The molecule has 1 heterocycles. The molecule has 0 radical (unpaired) electrons. The SMILES string of the molecule is CC1CN(C(=O)C(=O)NC(c2ccccc2)c2ccccc2)CC(C)O1. The van der Waals surface area contributed by atoms with E-state index in [1.54, 1.807) is 4.90 Å². The summed E-state index contributed by atoms with van der Waals surface area (Å²) in [5.41, 5.74) is 1.87. The Morgan fingerprint density at radius 2 is 1.38 bits per heavy atom. The quantitative estimate of drug-likeness (QED) is 0.864.